The van der Waals surface area contributed by atoms with E-state index >= 15 is 0 Å². The van der Waals surface area contributed by atoms with Crippen LogP contribution in [0, 0.1) is 0 Å². The summed E-state index contributed by atoms with van der Waals surface area (Å²) in [6.45, 7) is 0. The minimum Gasteiger partial charge on any atom is -0.497 e. The molecule has 4 rings (SSSR count). The number of halogens is 1. The Morgan fingerprint density at radius 1 is 0.739 bits per heavy atom. The van der Waals surface area contributed by atoms with E-state index in [1.807, 2.05) is 24.3 Å². The molecule has 0 aliphatic heterocycles. The normalized spacial score (nSPS) is 11.0. The van der Waals surface area contributed by atoms with E-state index in [4.69, 9.17) is 16.3 Å². The lowest BCUT2D eigenvalue weighted by Crippen LogP contribution is -1.87. The molecule has 0 aromatic heterocycles. The van der Waals surface area contributed by atoms with Gasteiger partial charge in [0.25, 0.3) is 0 Å². The van der Waals surface area contributed by atoms with Gasteiger partial charge >= 0.3 is 0 Å². The van der Waals surface area contributed by atoms with Crippen LogP contribution in [-0.4, -0.2) is 7.11 Å². The fraction of sp³-hybridized carbons (Fsp3) is 0.0476. The van der Waals surface area contributed by atoms with Crippen molar-refractivity contribution in [2.75, 3.05) is 7.11 Å². The van der Waals surface area contributed by atoms with Crippen LogP contribution in [-0.2, 0) is 0 Å². The fourth-order valence-corrected chi connectivity index (χ4v) is 3.27. The molecular weight excluding hydrogens is 304 g/mol. The van der Waals surface area contributed by atoms with Gasteiger partial charge in [-0.05, 0) is 63.0 Å². The van der Waals surface area contributed by atoms with Crippen LogP contribution in [0.4, 0.5) is 0 Å². The molecule has 1 nitrogen and oxygen atoms in total. The number of ether oxygens (including phenoxy) is 1. The Labute approximate surface area is 140 Å². The monoisotopic (exact) mass is 318 g/mol. The molecule has 0 aliphatic carbocycles. The molecule has 0 bridgehead atoms. The maximum absolute atomic E-state index is 6.26. The molecular formula is C21H15ClO. The summed E-state index contributed by atoms with van der Waals surface area (Å²) in [6, 6.07) is 24.9. The molecule has 0 N–H and O–H groups in total. The third-order valence-corrected chi connectivity index (χ3v) is 4.44. The number of methoxy groups -OCH3 is 1. The topological polar surface area (TPSA) is 9.23 Å². The Hall–Kier alpha value is -2.51. The maximum atomic E-state index is 6.26. The molecule has 0 amide bonds. The van der Waals surface area contributed by atoms with Crippen molar-refractivity contribution in [2.24, 2.45) is 0 Å². The molecule has 0 atom stereocenters. The Kier molecular flexibility index (Phi) is 3.44. The molecule has 0 saturated carbocycles. The van der Waals surface area contributed by atoms with Crippen molar-refractivity contribution >= 4 is 33.1 Å². The van der Waals surface area contributed by atoms with Crippen LogP contribution in [0.3, 0.4) is 0 Å². The zero-order chi connectivity index (χ0) is 15.8. The van der Waals surface area contributed by atoms with Gasteiger partial charge in [0.15, 0.2) is 0 Å². The van der Waals surface area contributed by atoms with Crippen molar-refractivity contribution in [1.82, 2.24) is 0 Å². The van der Waals surface area contributed by atoms with E-state index in [9.17, 15) is 0 Å². The van der Waals surface area contributed by atoms with Crippen LogP contribution in [0.15, 0.2) is 72.8 Å². The van der Waals surface area contributed by atoms with Crippen LogP contribution in [0.2, 0.25) is 5.02 Å². The third-order valence-electron chi connectivity index (χ3n) is 4.20. The first-order chi connectivity index (χ1) is 11.3. The van der Waals surface area contributed by atoms with Gasteiger partial charge in [-0.25, -0.2) is 0 Å². The second kappa shape index (κ2) is 5.60. The van der Waals surface area contributed by atoms with Gasteiger partial charge in [0.1, 0.15) is 5.75 Å². The second-order valence-electron chi connectivity index (χ2n) is 5.57. The lowest BCUT2D eigenvalue weighted by molar-refractivity contribution is 0.415. The summed E-state index contributed by atoms with van der Waals surface area (Å²) in [5.74, 6) is 0.858. The molecule has 0 fully saturated rings. The first kappa shape index (κ1) is 14.1. The molecule has 0 heterocycles. The van der Waals surface area contributed by atoms with Gasteiger partial charge in [0.05, 0.1) is 7.11 Å². The Morgan fingerprint density at radius 3 is 2.26 bits per heavy atom. The molecule has 0 unspecified atom stereocenters. The number of benzene rings is 4. The smallest absolute Gasteiger partial charge is 0.118 e. The molecule has 0 spiro atoms. The molecule has 112 valence electrons. The van der Waals surface area contributed by atoms with Crippen LogP contribution in [0.5, 0.6) is 5.75 Å². The summed E-state index contributed by atoms with van der Waals surface area (Å²) in [5.41, 5.74) is 2.37. The fourth-order valence-electron chi connectivity index (χ4n) is 3.10. The van der Waals surface area contributed by atoms with Crippen molar-refractivity contribution in [2.45, 2.75) is 0 Å². The molecule has 0 saturated heterocycles. The van der Waals surface area contributed by atoms with Crippen molar-refractivity contribution in [3.8, 4) is 16.9 Å². The summed E-state index contributed by atoms with van der Waals surface area (Å²) in [4.78, 5) is 0. The summed E-state index contributed by atoms with van der Waals surface area (Å²) < 4.78 is 5.28. The van der Waals surface area contributed by atoms with E-state index < -0.39 is 0 Å². The minimum atomic E-state index is 0.752. The number of hydrogen-bond donors (Lipinski definition) is 0. The SMILES string of the molecule is COc1ccc(-c2c3ccccc3cc3ccc(Cl)cc23)cc1. The average molecular weight is 319 g/mol. The van der Waals surface area contributed by atoms with Gasteiger partial charge in [-0.15, -0.1) is 0 Å². The van der Waals surface area contributed by atoms with Gasteiger partial charge in [0, 0.05) is 5.02 Å². The van der Waals surface area contributed by atoms with Gasteiger partial charge in [0.2, 0.25) is 0 Å². The third kappa shape index (κ3) is 2.43. The van der Waals surface area contributed by atoms with Crippen molar-refractivity contribution in [3.63, 3.8) is 0 Å². The molecule has 4 aromatic carbocycles. The highest BCUT2D eigenvalue weighted by molar-refractivity contribution is 6.31. The summed E-state index contributed by atoms with van der Waals surface area (Å²) in [7, 11) is 1.68. The second-order valence-corrected chi connectivity index (χ2v) is 6.00. The van der Waals surface area contributed by atoms with E-state index in [1.165, 1.54) is 27.1 Å². The Bertz CT molecular complexity index is 1000. The molecule has 23 heavy (non-hydrogen) atoms. The largest absolute Gasteiger partial charge is 0.497 e. The Balaban J connectivity index is 2.12. The van der Waals surface area contributed by atoms with Gasteiger partial charge in [-0.3, -0.25) is 0 Å². The summed E-state index contributed by atoms with van der Waals surface area (Å²) in [6.07, 6.45) is 0. The van der Waals surface area contributed by atoms with E-state index in [-0.39, 0.29) is 0 Å². The van der Waals surface area contributed by atoms with Crippen molar-refractivity contribution in [3.05, 3.63) is 77.8 Å². The van der Waals surface area contributed by atoms with Gasteiger partial charge < -0.3 is 4.74 Å². The van der Waals surface area contributed by atoms with Crippen molar-refractivity contribution in [1.29, 1.82) is 0 Å². The van der Waals surface area contributed by atoms with E-state index in [0.29, 0.717) is 0 Å². The lowest BCUT2D eigenvalue weighted by Gasteiger charge is -2.13. The highest BCUT2D eigenvalue weighted by Gasteiger charge is 2.10. The van der Waals surface area contributed by atoms with Gasteiger partial charge in [-0.1, -0.05) is 54.1 Å². The predicted octanol–water partition coefficient (Wildman–Crippen LogP) is 6.32. The van der Waals surface area contributed by atoms with Crippen LogP contribution in [0.1, 0.15) is 0 Å². The van der Waals surface area contributed by atoms with Crippen LogP contribution < -0.4 is 4.74 Å². The zero-order valence-corrected chi connectivity index (χ0v) is 13.5. The minimum absolute atomic E-state index is 0.752. The van der Waals surface area contributed by atoms with E-state index in [0.717, 1.165) is 16.3 Å². The summed E-state index contributed by atoms with van der Waals surface area (Å²) >= 11 is 6.26. The molecule has 0 aliphatic rings. The molecule has 0 radical (unpaired) electrons. The average Bonchev–Trinajstić information content (AvgIpc) is 2.60. The highest BCUT2D eigenvalue weighted by Crippen LogP contribution is 2.37. The Morgan fingerprint density at radius 2 is 1.48 bits per heavy atom. The zero-order valence-electron chi connectivity index (χ0n) is 12.7. The maximum Gasteiger partial charge on any atom is 0.118 e. The number of hydrogen-bond acceptors (Lipinski definition) is 1. The summed E-state index contributed by atoms with van der Waals surface area (Å²) in [5, 5.41) is 5.57. The standard InChI is InChI=1S/C21H15ClO/c1-23-18-10-7-14(8-11-18)21-19-5-3-2-4-15(19)12-16-6-9-17(22)13-20(16)21/h2-13H,1H3. The first-order valence-electron chi connectivity index (χ1n) is 7.52. The van der Waals surface area contributed by atoms with Crippen LogP contribution in [0.25, 0.3) is 32.7 Å². The first-order valence-corrected chi connectivity index (χ1v) is 7.89. The van der Waals surface area contributed by atoms with E-state index in [1.54, 1.807) is 7.11 Å². The molecule has 4 aromatic rings. The predicted molar refractivity (Wildman–Crippen MR) is 98.5 cm³/mol. The quantitative estimate of drug-likeness (QED) is 0.393. The highest BCUT2D eigenvalue weighted by atomic mass is 35.5. The number of rotatable bonds is 2. The lowest BCUT2D eigenvalue weighted by atomic mass is 9.92. The number of fused-ring (bicyclic) bond motifs is 2. The molecule has 2 heteroatoms. The van der Waals surface area contributed by atoms with Gasteiger partial charge in [-0.2, -0.15) is 0 Å². The van der Waals surface area contributed by atoms with Crippen LogP contribution >= 0.6 is 11.6 Å². The van der Waals surface area contributed by atoms with E-state index in [2.05, 4.69) is 48.5 Å². The van der Waals surface area contributed by atoms with Crippen molar-refractivity contribution < 1.29 is 4.74 Å².